The fraction of sp³-hybridized carbons (Fsp3) is 0.412. The average molecular weight is 241 g/mol. The van der Waals surface area contributed by atoms with Crippen LogP contribution in [-0.2, 0) is 6.42 Å². The summed E-state index contributed by atoms with van der Waals surface area (Å²) >= 11 is 0. The van der Waals surface area contributed by atoms with Crippen LogP contribution in [0.5, 0.6) is 0 Å². The first-order valence-corrected chi connectivity index (χ1v) is 7.03. The van der Waals surface area contributed by atoms with E-state index >= 15 is 0 Å². The van der Waals surface area contributed by atoms with Crippen LogP contribution in [0, 0.1) is 0 Å². The number of fused-ring (bicyclic) bond motifs is 1. The molecule has 0 radical (unpaired) electrons. The molecule has 0 spiro atoms. The highest BCUT2D eigenvalue weighted by Gasteiger charge is 2.04. The summed E-state index contributed by atoms with van der Waals surface area (Å²) in [7, 11) is 0. The quantitative estimate of drug-likeness (QED) is 0.750. The van der Waals surface area contributed by atoms with Crippen molar-refractivity contribution in [3.05, 3.63) is 48.0 Å². The van der Waals surface area contributed by atoms with Crippen LogP contribution in [0.25, 0.3) is 10.8 Å². The first-order chi connectivity index (χ1) is 8.79. The Kier molecular flexibility index (Phi) is 4.77. The second-order valence-electron chi connectivity index (χ2n) is 5.14. The minimum absolute atomic E-state index is 0.303. The Bertz CT molecular complexity index is 490. The molecule has 2 aromatic rings. The lowest BCUT2D eigenvalue weighted by Gasteiger charge is -2.11. The molecule has 0 aliphatic carbocycles. The molecular weight excluding hydrogens is 218 g/mol. The van der Waals surface area contributed by atoms with E-state index in [9.17, 15) is 0 Å². The summed E-state index contributed by atoms with van der Waals surface area (Å²) in [5, 5.41) is 2.62. The minimum atomic E-state index is 0.303. The number of benzene rings is 2. The van der Waals surface area contributed by atoms with Gasteiger partial charge < -0.3 is 5.73 Å². The van der Waals surface area contributed by atoms with Gasteiger partial charge in [-0.25, -0.2) is 0 Å². The highest BCUT2D eigenvalue weighted by molar-refractivity contribution is 5.82. The van der Waals surface area contributed by atoms with Gasteiger partial charge in [-0.2, -0.15) is 0 Å². The molecule has 0 aromatic heterocycles. The van der Waals surface area contributed by atoms with E-state index < -0.39 is 0 Å². The molecule has 1 nitrogen and oxygen atoms in total. The van der Waals surface area contributed by atoms with Gasteiger partial charge in [0.15, 0.2) is 0 Å². The van der Waals surface area contributed by atoms with Gasteiger partial charge in [-0.3, -0.25) is 0 Å². The van der Waals surface area contributed by atoms with Crippen molar-refractivity contribution in [1.82, 2.24) is 0 Å². The van der Waals surface area contributed by atoms with Crippen molar-refractivity contribution in [2.45, 2.75) is 45.1 Å². The monoisotopic (exact) mass is 241 g/mol. The molecule has 2 aromatic carbocycles. The lowest BCUT2D eigenvalue weighted by molar-refractivity contribution is 0.557. The standard InChI is InChI=1S/C17H23N/c1-2-3-4-9-17(18)13-14-10-11-15-7-5-6-8-16(15)12-14/h5-8,10-12,17H,2-4,9,13,18H2,1H3. The maximum Gasteiger partial charge on any atom is 0.00793 e. The summed E-state index contributed by atoms with van der Waals surface area (Å²) in [4.78, 5) is 0. The van der Waals surface area contributed by atoms with Gasteiger partial charge in [-0.15, -0.1) is 0 Å². The fourth-order valence-electron chi connectivity index (χ4n) is 2.43. The molecule has 0 amide bonds. The summed E-state index contributed by atoms with van der Waals surface area (Å²) in [6, 6.07) is 15.5. The Labute approximate surface area is 110 Å². The van der Waals surface area contributed by atoms with Crippen LogP contribution in [0.15, 0.2) is 42.5 Å². The molecule has 2 N–H and O–H groups in total. The second kappa shape index (κ2) is 6.55. The molecule has 1 unspecified atom stereocenters. The van der Waals surface area contributed by atoms with Crippen molar-refractivity contribution < 1.29 is 0 Å². The highest BCUT2D eigenvalue weighted by Crippen LogP contribution is 2.17. The summed E-state index contributed by atoms with van der Waals surface area (Å²) in [5.74, 6) is 0. The topological polar surface area (TPSA) is 26.0 Å². The predicted molar refractivity (Wildman–Crippen MR) is 79.8 cm³/mol. The Morgan fingerprint density at radius 2 is 1.78 bits per heavy atom. The zero-order valence-corrected chi connectivity index (χ0v) is 11.2. The first kappa shape index (κ1) is 13.1. The third kappa shape index (κ3) is 3.58. The van der Waals surface area contributed by atoms with Crippen LogP contribution < -0.4 is 5.73 Å². The van der Waals surface area contributed by atoms with Gasteiger partial charge >= 0.3 is 0 Å². The van der Waals surface area contributed by atoms with E-state index in [0.29, 0.717) is 6.04 Å². The summed E-state index contributed by atoms with van der Waals surface area (Å²) in [6.07, 6.45) is 5.95. The summed E-state index contributed by atoms with van der Waals surface area (Å²) in [5.41, 5.74) is 7.55. The van der Waals surface area contributed by atoms with Crippen molar-refractivity contribution in [2.24, 2.45) is 5.73 Å². The molecule has 2 rings (SSSR count). The zero-order valence-electron chi connectivity index (χ0n) is 11.2. The van der Waals surface area contributed by atoms with E-state index in [1.807, 2.05) is 0 Å². The van der Waals surface area contributed by atoms with Crippen LogP contribution in [0.4, 0.5) is 0 Å². The lowest BCUT2D eigenvalue weighted by atomic mass is 9.99. The average Bonchev–Trinajstić information content (AvgIpc) is 2.39. The Morgan fingerprint density at radius 1 is 1.00 bits per heavy atom. The van der Waals surface area contributed by atoms with Gasteiger partial charge in [0.25, 0.3) is 0 Å². The third-order valence-electron chi connectivity index (χ3n) is 3.49. The number of nitrogens with two attached hydrogens (primary N) is 1. The Morgan fingerprint density at radius 3 is 2.56 bits per heavy atom. The van der Waals surface area contributed by atoms with Crippen molar-refractivity contribution >= 4 is 10.8 Å². The van der Waals surface area contributed by atoms with E-state index in [1.165, 1.54) is 35.6 Å². The van der Waals surface area contributed by atoms with Gasteiger partial charge in [0.1, 0.15) is 0 Å². The van der Waals surface area contributed by atoms with Crippen LogP contribution in [0.2, 0.25) is 0 Å². The smallest absolute Gasteiger partial charge is 0.00793 e. The van der Waals surface area contributed by atoms with E-state index in [2.05, 4.69) is 49.4 Å². The molecule has 0 aliphatic rings. The fourth-order valence-corrected chi connectivity index (χ4v) is 2.43. The molecule has 96 valence electrons. The molecule has 0 aliphatic heterocycles. The molecule has 0 saturated heterocycles. The normalized spacial score (nSPS) is 12.8. The van der Waals surface area contributed by atoms with Gasteiger partial charge in [0.05, 0.1) is 0 Å². The molecular formula is C17H23N. The van der Waals surface area contributed by atoms with Crippen LogP contribution >= 0.6 is 0 Å². The van der Waals surface area contributed by atoms with Crippen molar-refractivity contribution in [1.29, 1.82) is 0 Å². The molecule has 0 saturated carbocycles. The maximum absolute atomic E-state index is 6.19. The van der Waals surface area contributed by atoms with E-state index in [0.717, 1.165) is 12.8 Å². The van der Waals surface area contributed by atoms with Crippen molar-refractivity contribution in [2.75, 3.05) is 0 Å². The first-order valence-electron chi connectivity index (χ1n) is 7.03. The molecule has 0 bridgehead atoms. The minimum Gasteiger partial charge on any atom is -0.327 e. The van der Waals surface area contributed by atoms with Crippen LogP contribution in [0.3, 0.4) is 0 Å². The van der Waals surface area contributed by atoms with Crippen LogP contribution in [-0.4, -0.2) is 6.04 Å². The van der Waals surface area contributed by atoms with E-state index in [4.69, 9.17) is 5.73 Å². The zero-order chi connectivity index (χ0) is 12.8. The van der Waals surface area contributed by atoms with E-state index in [1.54, 1.807) is 0 Å². The molecule has 0 fully saturated rings. The Balaban J connectivity index is 1.98. The largest absolute Gasteiger partial charge is 0.327 e. The maximum atomic E-state index is 6.19. The number of rotatable bonds is 6. The van der Waals surface area contributed by atoms with Crippen LogP contribution in [0.1, 0.15) is 38.2 Å². The van der Waals surface area contributed by atoms with Crippen molar-refractivity contribution in [3.63, 3.8) is 0 Å². The summed E-state index contributed by atoms with van der Waals surface area (Å²) in [6.45, 7) is 2.23. The van der Waals surface area contributed by atoms with Gasteiger partial charge in [0, 0.05) is 6.04 Å². The van der Waals surface area contributed by atoms with Gasteiger partial charge in [-0.1, -0.05) is 68.7 Å². The lowest BCUT2D eigenvalue weighted by Crippen LogP contribution is -2.22. The number of hydrogen-bond donors (Lipinski definition) is 1. The number of hydrogen-bond acceptors (Lipinski definition) is 1. The molecule has 1 heteroatoms. The second-order valence-corrected chi connectivity index (χ2v) is 5.14. The third-order valence-corrected chi connectivity index (χ3v) is 3.49. The van der Waals surface area contributed by atoms with Crippen molar-refractivity contribution in [3.8, 4) is 0 Å². The number of unbranched alkanes of at least 4 members (excludes halogenated alkanes) is 2. The molecule has 1 atom stereocenters. The van der Waals surface area contributed by atoms with Gasteiger partial charge in [0.2, 0.25) is 0 Å². The highest BCUT2D eigenvalue weighted by atomic mass is 14.6. The summed E-state index contributed by atoms with van der Waals surface area (Å²) < 4.78 is 0. The van der Waals surface area contributed by atoms with Gasteiger partial charge in [-0.05, 0) is 29.2 Å². The van der Waals surface area contributed by atoms with E-state index in [-0.39, 0.29) is 0 Å². The Hall–Kier alpha value is -1.34. The molecule has 18 heavy (non-hydrogen) atoms. The molecule has 0 heterocycles. The predicted octanol–water partition coefficient (Wildman–Crippen LogP) is 4.29. The SMILES string of the molecule is CCCCCC(N)Cc1ccc2ccccc2c1.